The number of fused-ring (bicyclic) bond motifs is 1. The van der Waals surface area contributed by atoms with Crippen LogP contribution in [0.25, 0.3) is 11.2 Å². The molecular formula is C11H11F3N4. The molecule has 0 spiro atoms. The lowest BCUT2D eigenvalue weighted by molar-refractivity contribution is -0.178. The molecule has 0 unspecified atom stereocenters. The molecule has 4 nitrogen and oxygen atoms in total. The van der Waals surface area contributed by atoms with Crippen molar-refractivity contribution in [2.24, 2.45) is 0 Å². The first-order valence-electron chi connectivity index (χ1n) is 5.53. The van der Waals surface area contributed by atoms with E-state index in [1.165, 1.54) is 6.20 Å². The van der Waals surface area contributed by atoms with Gasteiger partial charge in [-0.2, -0.15) is 13.2 Å². The number of halogens is 3. The Bertz CT molecular complexity index is 625. The van der Waals surface area contributed by atoms with Gasteiger partial charge in [-0.15, -0.1) is 0 Å². The minimum absolute atomic E-state index is 0.0295. The van der Waals surface area contributed by atoms with Crippen LogP contribution in [0.1, 0.15) is 18.4 Å². The number of rotatable bonds is 1. The fourth-order valence-corrected chi connectivity index (χ4v) is 2.29. The molecule has 96 valence electrons. The van der Waals surface area contributed by atoms with Crippen molar-refractivity contribution >= 4 is 17.1 Å². The maximum Gasteiger partial charge on any atom is 0.412 e. The Morgan fingerprint density at radius 3 is 2.61 bits per heavy atom. The molecule has 2 heterocycles. The Morgan fingerprint density at radius 2 is 2.06 bits per heavy atom. The quantitative estimate of drug-likeness (QED) is 0.852. The molecule has 3 rings (SSSR count). The summed E-state index contributed by atoms with van der Waals surface area (Å²) < 4.78 is 40.4. The average molecular weight is 256 g/mol. The van der Waals surface area contributed by atoms with Crippen molar-refractivity contribution in [3.8, 4) is 0 Å². The number of hydrogen-bond donors (Lipinski definition) is 1. The highest BCUT2D eigenvalue weighted by Gasteiger charge is 2.66. The van der Waals surface area contributed by atoms with Gasteiger partial charge in [0.05, 0.1) is 0 Å². The van der Waals surface area contributed by atoms with Crippen molar-refractivity contribution in [2.75, 3.05) is 5.73 Å². The third kappa shape index (κ3) is 1.27. The maximum atomic E-state index is 13.1. The second-order valence-corrected chi connectivity index (χ2v) is 4.63. The third-order valence-electron chi connectivity index (χ3n) is 3.45. The van der Waals surface area contributed by atoms with Gasteiger partial charge < -0.3 is 5.73 Å². The van der Waals surface area contributed by atoms with E-state index in [-0.39, 0.29) is 24.4 Å². The second-order valence-electron chi connectivity index (χ2n) is 4.63. The zero-order valence-electron chi connectivity index (χ0n) is 9.62. The van der Waals surface area contributed by atoms with Crippen molar-refractivity contribution in [1.29, 1.82) is 0 Å². The number of aromatic nitrogens is 3. The van der Waals surface area contributed by atoms with Crippen molar-refractivity contribution in [2.45, 2.75) is 31.5 Å². The van der Waals surface area contributed by atoms with Crippen LogP contribution in [0.4, 0.5) is 19.1 Å². The normalized spacial score (nSPS) is 18.2. The Kier molecular flexibility index (Phi) is 1.98. The van der Waals surface area contributed by atoms with E-state index in [4.69, 9.17) is 5.73 Å². The molecule has 0 saturated heterocycles. The smallest absolute Gasteiger partial charge is 0.369 e. The lowest BCUT2D eigenvalue weighted by Gasteiger charge is -2.22. The molecule has 1 aliphatic carbocycles. The van der Waals surface area contributed by atoms with E-state index in [0.717, 1.165) is 10.1 Å². The second kappa shape index (κ2) is 3.15. The molecule has 0 amide bonds. The van der Waals surface area contributed by atoms with E-state index in [0.29, 0.717) is 5.52 Å². The van der Waals surface area contributed by atoms with Crippen LogP contribution in [0.15, 0.2) is 12.3 Å². The van der Waals surface area contributed by atoms with Gasteiger partial charge in [-0.05, 0) is 31.4 Å². The van der Waals surface area contributed by atoms with Crippen LogP contribution in [-0.2, 0) is 5.54 Å². The van der Waals surface area contributed by atoms with Crippen molar-refractivity contribution in [3.63, 3.8) is 0 Å². The van der Waals surface area contributed by atoms with Gasteiger partial charge in [-0.25, -0.2) is 9.97 Å². The van der Waals surface area contributed by atoms with E-state index in [1.54, 1.807) is 13.0 Å². The van der Waals surface area contributed by atoms with Gasteiger partial charge in [-0.1, -0.05) is 0 Å². The fourth-order valence-electron chi connectivity index (χ4n) is 2.29. The molecule has 18 heavy (non-hydrogen) atoms. The topological polar surface area (TPSA) is 56.7 Å². The van der Waals surface area contributed by atoms with Crippen LogP contribution in [0.5, 0.6) is 0 Å². The van der Waals surface area contributed by atoms with E-state index in [9.17, 15) is 13.2 Å². The molecule has 0 bridgehead atoms. The summed E-state index contributed by atoms with van der Waals surface area (Å²) in [4.78, 5) is 8.01. The first-order valence-corrected chi connectivity index (χ1v) is 5.53. The summed E-state index contributed by atoms with van der Waals surface area (Å²) in [7, 11) is 0. The summed E-state index contributed by atoms with van der Waals surface area (Å²) in [6, 6.07) is 1.70. The summed E-state index contributed by atoms with van der Waals surface area (Å²) in [6.45, 7) is 1.77. The molecule has 1 fully saturated rings. The predicted octanol–water partition coefficient (Wildman–Crippen LogP) is 2.37. The molecule has 2 aromatic heterocycles. The van der Waals surface area contributed by atoms with Gasteiger partial charge in [0.2, 0.25) is 5.95 Å². The number of nitrogens with zero attached hydrogens (tertiary/aromatic N) is 3. The molecule has 2 aromatic rings. The summed E-state index contributed by atoms with van der Waals surface area (Å²) >= 11 is 0. The van der Waals surface area contributed by atoms with E-state index < -0.39 is 11.7 Å². The zero-order valence-corrected chi connectivity index (χ0v) is 9.62. The molecule has 1 saturated carbocycles. The number of aryl methyl sites for hydroxylation is 1. The number of anilines is 1. The number of pyridine rings is 1. The number of imidazole rings is 1. The van der Waals surface area contributed by atoms with Crippen molar-refractivity contribution in [3.05, 3.63) is 17.8 Å². The van der Waals surface area contributed by atoms with E-state index in [2.05, 4.69) is 9.97 Å². The summed E-state index contributed by atoms with van der Waals surface area (Å²) in [5.41, 5.74) is 5.16. The number of nitrogen functional groups attached to an aromatic ring is 1. The molecular weight excluding hydrogens is 245 g/mol. The third-order valence-corrected chi connectivity index (χ3v) is 3.45. The fraction of sp³-hybridized carbons (Fsp3) is 0.455. The molecule has 7 heteroatoms. The minimum atomic E-state index is -4.33. The standard InChI is InChI=1S/C11H11F3N4/c1-6-2-5-16-8-7(6)17-9(15)18(8)10(3-4-10)11(12,13)14/h2,5H,3-4H2,1H3,(H2,15,17). The first-order chi connectivity index (χ1) is 8.37. The highest BCUT2D eigenvalue weighted by Crippen LogP contribution is 2.57. The monoisotopic (exact) mass is 256 g/mol. The van der Waals surface area contributed by atoms with Gasteiger partial charge in [0.1, 0.15) is 11.1 Å². The molecule has 2 N–H and O–H groups in total. The van der Waals surface area contributed by atoms with Crippen molar-refractivity contribution < 1.29 is 13.2 Å². The van der Waals surface area contributed by atoms with Gasteiger partial charge in [0.15, 0.2) is 5.65 Å². The molecule has 0 radical (unpaired) electrons. The lowest BCUT2D eigenvalue weighted by Crippen LogP contribution is -2.35. The minimum Gasteiger partial charge on any atom is -0.369 e. The molecule has 0 aliphatic heterocycles. The van der Waals surface area contributed by atoms with E-state index >= 15 is 0 Å². The number of nitrogens with two attached hydrogens (primary N) is 1. The maximum absolute atomic E-state index is 13.1. The Hall–Kier alpha value is -1.79. The largest absolute Gasteiger partial charge is 0.412 e. The molecule has 0 aromatic carbocycles. The van der Waals surface area contributed by atoms with Gasteiger partial charge in [-0.3, -0.25) is 4.57 Å². The Morgan fingerprint density at radius 1 is 1.39 bits per heavy atom. The first kappa shape index (κ1) is 11.3. The van der Waals surface area contributed by atoms with Crippen LogP contribution in [-0.4, -0.2) is 20.7 Å². The molecule has 1 aliphatic rings. The van der Waals surface area contributed by atoms with Gasteiger partial charge >= 0.3 is 6.18 Å². The van der Waals surface area contributed by atoms with Crippen molar-refractivity contribution in [1.82, 2.24) is 14.5 Å². The van der Waals surface area contributed by atoms with Gasteiger partial charge in [0, 0.05) is 6.20 Å². The SMILES string of the molecule is Cc1ccnc2c1nc(N)n2C1(C(F)(F)F)CC1. The van der Waals surface area contributed by atoms with Crippen LogP contribution in [0.3, 0.4) is 0 Å². The summed E-state index contributed by atoms with van der Waals surface area (Å²) in [5.74, 6) is -0.123. The Balaban J connectivity index is 2.31. The van der Waals surface area contributed by atoms with Crippen LogP contribution in [0.2, 0.25) is 0 Å². The predicted molar refractivity (Wildman–Crippen MR) is 59.9 cm³/mol. The number of alkyl halides is 3. The van der Waals surface area contributed by atoms with Crippen LogP contribution >= 0.6 is 0 Å². The van der Waals surface area contributed by atoms with Crippen LogP contribution in [0, 0.1) is 6.92 Å². The summed E-state index contributed by atoms with van der Waals surface area (Å²) in [6.07, 6.45) is -2.80. The van der Waals surface area contributed by atoms with Crippen LogP contribution < -0.4 is 5.73 Å². The average Bonchev–Trinajstić information content (AvgIpc) is 2.98. The number of hydrogen-bond acceptors (Lipinski definition) is 3. The highest BCUT2D eigenvalue weighted by molar-refractivity contribution is 5.78. The van der Waals surface area contributed by atoms with Gasteiger partial charge in [0.25, 0.3) is 0 Å². The highest BCUT2D eigenvalue weighted by atomic mass is 19.4. The Labute approximate surface area is 101 Å². The van der Waals surface area contributed by atoms with E-state index in [1.807, 2.05) is 0 Å². The lowest BCUT2D eigenvalue weighted by atomic mass is 10.2. The zero-order chi connectivity index (χ0) is 13.1. The summed E-state index contributed by atoms with van der Waals surface area (Å²) in [5, 5.41) is 0. The molecule has 0 atom stereocenters.